The summed E-state index contributed by atoms with van der Waals surface area (Å²) in [6.07, 6.45) is 4.08. The molecule has 0 saturated heterocycles. The molecule has 1 aromatic rings. The summed E-state index contributed by atoms with van der Waals surface area (Å²) in [6, 6.07) is 8.57. The van der Waals surface area contributed by atoms with Gasteiger partial charge in [-0.15, -0.1) is 0 Å². The van der Waals surface area contributed by atoms with Crippen molar-refractivity contribution in [1.82, 2.24) is 4.90 Å². The Bertz CT molecular complexity index is 460. The SMILES string of the molecule is CC(CCCN)C(=O)N(Cc1ccccc1Br)C1CC1. The zero-order chi connectivity index (χ0) is 14.5. The van der Waals surface area contributed by atoms with Crippen molar-refractivity contribution in [1.29, 1.82) is 0 Å². The second-order valence-electron chi connectivity index (χ2n) is 5.62. The summed E-state index contributed by atoms with van der Waals surface area (Å²) in [5.41, 5.74) is 6.72. The molecule has 1 saturated carbocycles. The van der Waals surface area contributed by atoms with Gasteiger partial charge in [-0.1, -0.05) is 41.1 Å². The number of halogens is 1. The van der Waals surface area contributed by atoms with Gasteiger partial charge in [0.15, 0.2) is 0 Å². The van der Waals surface area contributed by atoms with Crippen molar-refractivity contribution in [3.05, 3.63) is 34.3 Å². The van der Waals surface area contributed by atoms with Crippen molar-refractivity contribution >= 4 is 21.8 Å². The normalized spacial score (nSPS) is 15.9. The fourth-order valence-electron chi connectivity index (χ4n) is 2.41. The minimum atomic E-state index is 0.0710. The molecule has 1 atom stereocenters. The third-order valence-electron chi connectivity index (χ3n) is 3.83. The molecule has 1 fully saturated rings. The Kier molecular flexibility index (Phi) is 5.61. The highest BCUT2D eigenvalue weighted by molar-refractivity contribution is 9.10. The Labute approximate surface area is 129 Å². The number of benzene rings is 1. The van der Waals surface area contributed by atoms with E-state index in [-0.39, 0.29) is 11.8 Å². The maximum Gasteiger partial charge on any atom is 0.225 e. The summed E-state index contributed by atoms with van der Waals surface area (Å²) in [5, 5.41) is 0. The van der Waals surface area contributed by atoms with Crippen LogP contribution in [0.2, 0.25) is 0 Å². The van der Waals surface area contributed by atoms with Gasteiger partial charge in [0.05, 0.1) is 0 Å². The highest BCUT2D eigenvalue weighted by atomic mass is 79.9. The molecule has 0 aromatic heterocycles. The molecule has 1 aromatic carbocycles. The molecule has 2 N–H and O–H groups in total. The molecule has 4 heteroatoms. The minimum absolute atomic E-state index is 0.0710. The van der Waals surface area contributed by atoms with E-state index in [9.17, 15) is 4.79 Å². The first-order valence-corrected chi connectivity index (χ1v) is 8.16. The number of hydrogen-bond donors (Lipinski definition) is 1. The van der Waals surface area contributed by atoms with E-state index in [2.05, 4.69) is 26.9 Å². The van der Waals surface area contributed by atoms with E-state index in [1.807, 2.05) is 25.1 Å². The summed E-state index contributed by atoms with van der Waals surface area (Å²) in [4.78, 5) is 14.7. The summed E-state index contributed by atoms with van der Waals surface area (Å²) in [6.45, 7) is 3.39. The van der Waals surface area contributed by atoms with Crippen molar-refractivity contribution in [3.63, 3.8) is 0 Å². The molecular weight excluding hydrogens is 316 g/mol. The predicted molar refractivity (Wildman–Crippen MR) is 85.2 cm³/mol. The smallest absolute Gasteiger partial charge is 0.225 e. The number of nitrogens with two attached hydrogens (primary N) is 1. The first-order valence-electron chi connectivity index (χ1n) is 7.37. The van der Waals surface area contributed by atoms with Gasteiger partial charge in [0.2, 0.25) is 5.91 Å². The molecule has 1 amide bonds. The highest BCUT2D eigenvalue weighted by Crippen LogP contribution is 2.31. The van der Waals surface area contributed by atoms with Gasteiger partial charge in [0, 0.05) is 23.0 Å². The van der Waals surface area contributed by atoms with Crippen molar-refractivity contribution in [3.8, 4) is 0 Å². The van der Waals surface area contributed by atoms with E-state index in [1.165, 1.54) is 5.56 Å². The van der Waals surface area contributed by atoms with Crippen LogP contribution in [0.15, 0.2) is 28.7 Å². The van der Waals surface area contributed by atoms with Gasteiger partial charge in [-0.2, -0.15) is 0 Å². The van der Waals surface area contributed by atoms with Gasteiger partial charge >= 0.3 is 0 Å². The van der Waals surface area contributed by atoms with Crippen LogP contribution in [-0.4, -0.2) is 23.4 Å². The van der Waals surface area contributed by atoms with Gasteiger partial charge in [0.1, 0.15) is 0 Å². The van der Waals surface area contributed by atoms with Crippen LogP contribution in [0.25, 0.3) is 0 Å². The fourth-order valence-corrected chi connectivity index (χ4v) is 2.82. The largest absolute Gasteiger partial charge is 0.335 e. The highest BCUT2D eigenvalue weighted by Gasteiger charge is 2.34. The lowest BCUT2D eigenvalue weighted by Crippen LogP contribution is -2.36. The first-order chi connectivity index (χ1) is 9.63. The number of carbonyl (C=O) groups excluding carboxylic acids is 1. The lowest BCUT2D eigenvalue weighted by Gasteiger charge is -2.26. The maximum absolute atomic E-state index is 12.6. The molecule has 0 aliphatic heterocycles. The average Bonchev–Trinajstić information content (AvgIpc) is 3.27. The maximum atomic E-state index is 12.6. The number of amides is 1. The van der Waals surface area contributed by atoms with Crippen LogP contribution in [-0.2, 0) is 11.3 Å². The second kappa shape index (κ2) is 7.23. The van der Waals surface area contributed by atoms with Crippen LogP contribution >= 0.6 is 15.9 Å². The lowest BCUT2D eigenvalue weighted by molar-refractivity contribution is -0.136. The first kappa shape index (κ1) is 15.5. The third kappa shape index (κ3) is 4.06. The zero-order valence-electron chi connectivity index (χ0n) is 12.0. The fraction of sp³-hybridized carbons (Fsp3) is 0.562. The molecule has 0 bridgehead atoms. The van der Waals surface area contributed by atoms with Gasteiger partial charge in [-0.25, -0.2) is 0 Å². The molecule has 110 valence electrons. The predicted octanol–water partition coefficient (Wildman–Crippen LogP) is 3.32. The number of carbonyl (C=O) groups is 1. The number of hydrogen-bond acceptors (Lipinski definition) is 2. The summed E-state index contributed by atoms with van der Waals surface area (Å²) in [7, 11) is 0. The lowest BCUT2D eigenvalue weighted by atomic mass is 10.0. The Balaban J connectivity index is 2.04. The van der Waals surface area contributed by atoms with Gasteiger partial charge in [-0.05, 0) is 43.9 Å². The standard InChI is InChI=1S/C16H23BrN2O/c1-12(5-4-10-18)16(20)19(14-8-9-14)11-13-6-2-3-7-15(13)17/h2-3,6-7,12,14H,4-5,8-11,18H2,1H3. The summed E-state index contributed by atoms with van der Waals surface area (Å²) >= 11 is 3.57. The zero-order valence-corrected chi connectivity index (χ0v) is 13.6. The van der Waals surface area contributed by atoms with Crippen LogP contribution in [0.3, 0.4) is 0 Å². The third-order valence-corrected chi connectivity index (χ3v) is 4.61. The second-order valence-corrected chi connectivity index (χ2v) is 6.48. The molecule has 2 rings (SSSR count). The van der Waals surface area contributed by atoms with Gasteiger partial charge in [-0.3, -0.25) is 4.79 Å². The van der Waals surface area contributed by atoms with Crippen molar-refractivity contribution in [2.45, 2.75) is 45.2 Å². The molecule has 0 spiro atoms. The minimum Gasteiger partial charge on any atom is -0.335 e. The van der Waals surface area contributed by atoms with Gasteiger partial charge in [0.25, 0.3) is 0 Å². The van der Waals surface area contributed by atoms with E-state index in [0.717, 1.165) is 30.2 Å². The summed E-state index contributed by atoms with van der Waals surface area (Å²) < 4.78 is 1.08. The Hall–Kier alpha value is -0.870. The number of rotatable bonds is 7. The van der Waals surface area contributed by atoms with E-state index in [4.69, 9.17) is 5.73 Å². The molecule has 0 radical (unpaired) electrons. The topological polar surface area (TPSA) is 46.3 Å². The van der Waals surface area contributed by atoms with E-state index in [1.54, 1.807) is 0 Å². The van der Waals surface area contributed by atoms with E-state index in [0.29, 0.717) is 19.1 Å². The molecule has 1 aliphatic carbocycles. The monoisotopic (exact) mass is 338 g/mol. The van der Waals surface area contributed by atoms with E-state index < -0.39 is 0 Å². The molecule has 1 aliphatic rings. The van der Waals surface area contributed by atoms with Crippen LogP contribution in [0, 0.1) is 5.92 Å². The number of nitrogens with zero attached hydrogens (tertiary/aromatic N) is 1. The Morgan fingerprint density at radius 3 is 2.75 bits per heavy atom. The van der Waals surface area contributed by atoms with Crippen LogP contribution in [0.5, 0.6) is 0 Å². The van der Waals surface area contributed by atoms with E-state index >= 15 is 0 Å². The molecule has 1 unspecified atom stereocenters. The quantitative estimate of drug-likeness (QED) is 0.828. The Morgan fingerprint density at radius 2 is 2.15 bits per heavy atom. The molecule has 0 heterocycles. The van der Waals surface area contributed by atoms with Crippen LogP contribution in [0.1, 0.15) is 38.2 Å². The molecule has 3 nitrogen and oxygen atoms in total. The molecular formula is C16H23BrN2O. The van der Waals surface area contributed by atoms with Crippen LogP contribution < -0.4 is 5.73 Å². The average molecular weight is 339 g/mol. The molecule has 20 heavy (non-hydrogen) atoms. The van der Waals surface area contributed by atoms with Crippen molar-refractivity contribution in [2.75, 3.05) is 6.54 Å². The summed E-state index contributed by atoms with van der Waals surface area (Å²) in [5.74, 6) is 0.346. The van der Waals surface area contributed by atoms with Crippen molar-refractivity contribution in [2.24, 2.45) is 11.7 Å². The van der Waals surface area contributed by atoms with Crippen LogP contribution in [0.4, 0.5) is 0 Å². The van der Waals surface area contributed by atoms with Gasteiger partial charge < -0.3 is 10.6 Å². The van der Waals surface area contributed by atoms with Crippen molar-refractivity contribution < 1.29 is 4.79 Å². The Morgan fingerprint density at radius 1 is 1.45 bits per heavy atom.